The summed E-state index contributed by atoms with van der Waals surface area (Å²) in [7, 11) is 3.23. The lowest BCUT2D eigenvalue weighted by Gasteiger charge is -2.14. The highest BCUT2D eigenvalue weighted by molar-refractivity contribution is 5.84. The number of nitrogens with two attached hydrogens (primary N) is 1. The third-order valence-corrected chi connectivity index (χ3v) is 5.93. The van der Waals surface area contributed by atoms with Crippen molar-refractivity contribution < 1.29 is 24.6 Å². The third kappa shape index (κ3) is 14.7. The number of aliphatic hydroxyl groups is 2. The number of amidine groups is 1. The molecule has 2 fully saturated rings. The number of hydrogen-bond donors (Lipinski definition) is 5. The van der Waals surface area contributed by atoms with Crippen LogP contribution in [0.5, 0.6) is 5.75 Å². The van der Waals surface area contributed by atoms with Crippen LogP contribution >= 0.6 is 0 Å². The molecule has 1 aliphatic heterocycles. The van der Waals surface area contributed by atoms with E-state index in [1.807, 2.05) is 25.1 Å². The molecule has 3 rings (SSSR count). The van der Waals surface area contributed by atoms with Gasteiger partial charge in [0, 0.05) is 18.0 Å². The second kappa shape index (κ2) is 19.0. The standard InChI is InChI=1S/C17H25NO2.C5H10N2O.C4H11NO2/c1-14-12-17(7-6-16(14)13-19)20-11-3-5-15-4-2-9-18-10-8-15;1-8-7-5(6)4-2-3-4;1-5-2-4(7)3-6/h6-7,12-13,15,18H,2-5,8-11H2,1H3;4H,2-3H2,1H3,(H2,6,7);4-7H,2-3H2,1H3. The van der Waals surface area contributed by atoms with Crippen molar-refractivity contribution >= 4 is 12.1 Å². The molecule has 0 bridgehead atoms. The smallest absolute Gasteiger partial charge is 0.150 e. The lowest BCUT2D eigenvalue weighted by Crippen LogP contribution is -2.26. The summed E-state index contributed by atoms with van der Waals surface area (Å²) in [6.45, 7) is 5.34. The molecule has 0 aromatic heterocycles. The van der Waals surface area contributed by atoms with E-state index in [2.05, 4.69) is 20.6 Å². The van der Waals surface area contributed by atoms with Crippen molar-refractivity contribution in [3.63, 3.8) is 0 Å². The fourth-order valence-electron chi connectivity index (χ4n) is 3.67. The number of aldehydes is 1. The maximum Gasteiger partial charge on any atom is 0.150 e. The minimum atomic E-state index is -0.606. The second-order valence-corrected chi connectivity index (χ2v) is 9.04. The molecule has 1 aromatic rings. The van der Waals surface area contributed by atoms with Crippen LogP contribution in [-0.4, -0.2) is 75.4 Å². The fourth-order valence-corrected chi connectivity index (χ4v) is 3.67. The zero-order valence-corrected chi connectivity index (χ0v) is 21.7. The van der Waals surface area contributed by atoms with Crippen molar-refractivity contribution in [3.05, 3.63) is 29.3 Å². The molecule has 9 heteroatoms. The highest BCUT2D eigenvalue weighted by Gasteiger charge is 2.25. The van der Waals surface area contributed by atoms with E-state index in [1.54, 1.807) is 7.05 Å². The molecule has 2 aliphatic rings. The van der Waals surface area contributed by atoms with Gasteiger partial charge in [0.1, 0.15) is 25.0 Å². The monoisotopic (exact) mass is 494 g/mol. The summed E-state index contributed by atoms with van der Waals surface area (Å²) in [6, 6.07) is 5.65. The average molecular weight is 495 g/mol. The molecular weight excluding hydrogens is 448 g/mol. The highest BCUT2D eigenvalue weighted by Crippen LogP contribution is 2.28. The zero-order chi connectivity index (χ0) is 25.9. The van der Waals surface area contributed by atoms with Crippen LogP contribution in [0.3, 0.4) is 0 Å². The molecule has 1 aromatic carbocycles. The Bertz CT molecular complexity index is 720. The Hall–Kier alpha value is -2.20. The number of rotatable bonds is 11. The SMILES string of the molecule is CNCC(O)CO.CO/N=C(\N)C1CC1.Cc1cc(OCCCC2CCCNCC2)ccc1C=O. The summed E-state index contributed by atoms with van der Waals surface area (Å²) in [6.07, 6.45) is 8.96. The van der Waals surface area contributed by atoms with Crippen LogP contribution in [0.4, 0.5) is 0 Å². The number of hydrogen-bond acceptors (Lipinski definition) is 8. The highest BCUT2D eigenvalue weighted by atomic mass is 16.6. The molecule has 0 spiro atoms. The van der Waals surface area contributed by atoms with Gasteiger partial charge in [0.05, 0.1) is 19.3 Å². The minimum absolute atomic E-state index is 0.166. The van der Waals surface area contributed by atoms with Crippen molar-refractivity contribution in [2.75, 3.05) is 47.0 Å². The van der Waals surface area contributed by atoms with Crippen LogP contribution < -0.4 is 21.1 Å². The maximum atomic E-state index is 10.8. The Kier molecular flexibility index (Phi) is 16.8. The number of oxime groups is 1. The van der Waals surface area contributed by atoms with Crippen molar-refractivity contribution in [2.45, 2.75) is 58.0 Å². The lowest BCUT2D eigenvalue weighted by molar-refractivity contribution is 0.0961. The summed E-state index contributed by atoms with van der Waals surface area (Å²) < 4.78 is 5.78. The number of benzene rings is 1. The van der Waals surface area contributed by atoms with E-state index in [4.69, 9.17) is 20.7 Å². The molecule has 0 radical (unpaired) electrons. The van der Waals surface area contributed by atoms with Crippen molar-refractivity contribution in [2.24, 2.45) is 22.7 Å². The molecule has 1 heterocycles. The van der Waals surface area contributed by atoms with Crippen LogP contribution in [0.2, 0.25) is 0 Å². The zero-order valence-electron chi connectivity index (χ0n) is 21.7. The lowest BCUT2D eigenvalue weighted by atomic mass is 9.95. The quantitative estimate of drug-likeness (QED) is 0.104. The minimum Gasteiger partial charge on any atom is -0.494 e. The topological polar surface area (TPSA) is 138 Å². The van der Waals surface area contributed by atoms with Crippen LogP contribution in [0, 0.1) is 18.8 Å². The third-order valence-electron chi connectivity index (χ3n) is 5.93. The van der Waals surface area contributed by atoms with Crippen LogP contribution in [0.1, 0.15) is 60.9 Å². The number of aliphatic hydroxyl groups excluding tert-OH is 2. The Morgan fingerprint density at radius 1 is 1.31 bits per heavy atom. The van der Waals surface area contributed by atoms with Crippen LogP contribution in [0.15, 0.2) is 23.4 Å². The van der Waals surface area contributed by atoms with Gasteiger partial charge in [0.25, 0.3) is 0 Å². The summed E-state index contributed by atoms with van der Waals surface area (Å²) >= 11 is 0. The molecule has 2 unspecified atom stereocenters. The Morgan fingerprint density at radius 3 is 2.66 bits per heavy atom. The van der Waals surface area contributed by atoms with E-state index in [-0.39, 0.29) is 6.61 Å². The van der Waals surface area contributed by atoms with Gasteiger partial charge in [0.15, 0.2) is 0 Å². The van der Waals surface area contributed by atoms with Gasteiger partial charge in [0.2, 0.25) is 0 Å². The largest absolute Gasteiger partial charge is 0.494 e. The number of ether oxygens (including phenoxy) is 1. The molecular formula is C26H46N4O5. The number of aryl methyl sites for hydroxylation is 1. The fraction of sp³-hybridized carbons (Fsp3) is 0.692. The van der Waals surface area contributed by atoms with Gasteiger partial charge in [-0.2, -0.15) is 0 Å². The molecule has 1 saturated carbocycles. The normalized spacial score (nSPS) is 18.7. The van der Waals surface area contributed by atoms with E-state index in [1.165, 1.54) is 52.2 Å². The first-order chi connectivity index (χ1) is 16.9. The van der Waals surface area contributed by atoms with Crippen molar-refractivity contribution in [1.29, 1.82) is 0 Å². The first-order valence-corrected chi connectivity index (χ1v) is 12.6. The average Bonchev–Trinajstić information content (AvgIpc) is 3.71. The van der Waals surface area contributed by atoms with Gasteiger partial charge in [-0.25, -0.2) is 0 Å². The summed E-state index contributed by atoms with van der Waals surface area (Å²) in [4.78, 5) is 15.2. The van der Waals surface area contributed by atoms with Gasteiger partial charge in [-0.3, -0.25) is 4.79 Å². The Morgan fingerprint density at radius 2 is 2.09 bits per heavy atom. The second-order valence-electron chi connectivity index (χ2n) is 9.04. The molecule has 9 nitrogen and oxygen atoms in total. The molecule has 35 heavy (non-hydrogen) atoms. The molecule has 6 N–H and O–H groups in total. The first kappa shape index (κ1) is 30.8. The number of carbonyl (C=O) groups excluding carboxylic acids is 1. The van der Waals surface area contributed by atoms with Gasteiger partial charge in [-0.05, 0) is 102 Å². The number of nitrogens with zero attached hydrogens (tertiary/aromatic N) is 1. The Balaban J connectivity index is 0.000000334. The van der Waals surface area contributed by atoms with Gasteiger partial charge in [-0.1, -0.05) is 5.16 Å². The summed E-state index contributed by atoms with van der Waals surface area (Å²) in [5, 5.41) is 26.5. The van der Waals surface area contributed by atoms with Crippen LogP contribution in [0.25, 0.3) is 0 Å². The first-order valence-electron chi connectivity index (χ1n) is 12.6. The van der Waals surface area contributed by atoms with Crippen LogP contribution in [-0.2, 0) is 4.84 Å². The van der Waals surface area contributed by atoms with E-state index >= 15 is 0 Å². The molecule has 1 saturated heterocycles. The van der Waals surface area contributed by atoms with Gasteiger partial charge < -0.3 is 36.2 Å². The van der Waals surface area contributed by atoms with E-state index in [9.17, 15) is 4.79 Å². The Labute approximate surface area is 210 Å². The number of carbonyl (C=O) groups is 1. The summed E-state index contributed by atoms with van der Waals surface area (Å²) in [5.74, 6) is 2.89. The van der Waals surface area contributed by atoms with E-state index in [0.29, 0.717) is 18.3 Å². The molecule has 0 amide bonds. The molecule has 1 aliphatic carbocycles. The summed E-state index contributed by atoms with van der Waals surface area (Å²) in [5.41, 5.74) is 7.13. The predicted octanol–water partition coefficient (Wildman–Crippen LogP) is 2.23. The molecule has 200 valence electrons. The van der Waals surface area contributed by atoms with Crippen molar-refractivity contribution in [3.8, 4) is 5.75 Å². The predicted molar refractivity (Wildman–Crippen MR) is 140 cm³/mol. The van der Waals surface area contributed by atoms with Gasteiger partial charge >= 0.3 is 0 Å². The van der Waals surface area contributed by atoms with E-state index < -0.39 is 6.10 Å². The maximum absolute atomic E-state index is 10.8. The van der Waals surface area contributed by atoms with Gasteiger partial charge in [-0.15, -0.1) is 0 Å². The number of nitrogens with one attached hydrogen (secondary N) is 2. The van der Waals surface area contributed by atoms with E-state index in [0.717, 1.165) is 48.7 Å². The number of likely N-dealkylation sites (N-methyl/N-ethyl adjacent to an activating group) is 1. The van der Waals surface area contributed by atoms with Crippen molar-refractivity contribution in [1.82, 2.24) is 10.6 Å². The molecule has 2 atom stereocenters.